The molecule has 0 aromatic heterocycles. The number of primary amides is 1. The lowest BCUT2D eigenvalue weighted by atomic mass is 9.85. The summed E-state index contributed by atoms with van der Waals surface area (Å²) in [7, 11) is 0. The molecule has 0 radical (unpaired) electrons. The fraction of sp³-hybridized carbons (Fsp3) is 0.846. The van der Waals surface area contributed by atoms with Crippen molar-refractivity contribution in [2.75, 3.05) is 13.1 Å². The smallest absolute Gasteiger partial charge is 0.237 e. The van der Waals surface area contributed by atoms with Gasteiger partial charge in [0.25, 0.3) is 0 Å². The Balaban J connectivity index is 0.00000324. The van der Waals surface area contributed by atoms with Crippen molar-refractivity contribution < 1.29 is 9.59 Å². The van der Waals surface area contributed by atoms with Crippen molar-refractivity contribution >= 4 is 24.2 Å². The van der Waals surface area contributed by atoms with Crippen molar-refractivity contribution in [2.24, 2.45) is 23.3 Å². The average molecular weight is 292 g/mol. The zero-order valence-electron chi connectivity index (χ0n) is 11.8. The van der Waals surface area contributed by atoms with Gasteiger partial charge in [-0.15, -0.1) is 12.4 Å². The van der Waals surface area contributed by atoms with Gasteiger partial charge in [-0.1, -0.05) is 20.3 Å². The van der Waals surface area contributed by atoms with Crippen LogP contribution in [0.25, 0.3) is 0 Å². The first-order valence-corrected chi connectivity index (χ1v) is 6.72. The Morgan fingerprint density at radius 1 is 1.32 bits per heavy atom. The number of nitrogens with zero attached hydrogens (tertiary/aromatic N) is 1. The second kappa shape index (κ2) is 8.38. The van der Waals surface area contributed by atoms with Crippen LogP contribution in [0.2, 0.25) is 0 Å². The molecule has 112 valence electrons. The van der Waals surface area contributed by atoms with Gasteiger partial charge in [0.2, 0.25) is 11.8 Å². The number of carbonyl (C=O) groups is 2. The van der Waals surface area contributed by atoms with Crippen molar-refractivity contribution in [2.45, 2.75) is 45.6 Å². The minimum Gasteiger partial charge on any atom is -0.368 e. The van der Waals surface area contributed by atoms with E-state index in [-0.39, 0.29) is 36.8 Å². The van der Waals surface area contributed by atoms with Gasteiger partial charge < -0.3 is 16.4 Å². The molecule has 5 nitrogen and oxygen atoms in total. The molecule has 1 saturated carbocycles. The van der Waals surface area contributed by atoms with Crippen LogP contribution in [0, 0.1) is 11.8 Å². The third-order valence-corrected chi connectivity index (χ3v) is 3.31. The maximum absolute atomic E-state index is 12.4. The van der Waals surface area contributed by atoms with Gasteiger partial charge in [0.15, 0.2) is 0 Å². The third kappa shape index (κ3) is 6.25. The average Bonchev–Trinajstić information content (AvgIpc) is 2.26. The number of rotatable bonds is 5. The van der Waals surface area contributed by atoms with Crippen molar-refractivity contribution in [1.29, 1.82) is 0 Å². The minimum atomic E-state index is -0.455. The molecule has 1 rings (SSSR count). The fourth-order valence-corrected chi connectivity index (χ4v) is 2.57. The van der Waals surface area contributed by atoms with Gasteiger partial charge in [0.1, 0.15) is 0 Å². The van der Waals surface area contributed by atoms with E-state index < -0.39 is 5.91 Å². The Kier molecular flexibility index (Phi) is 8.02. The summed E-state index contributed by atoms with van der Waals surface area (Å²) in [4.78, 5) is 25.0. The van der Waals surface area contributed by atoms with E-state index in [1.54, 1.807) is 4.90 Å². The van der Waals surface area contributed by atoms with Crippen LogP contribution >= 0.6 is 12.4 Å². The number of nitrogens with two attached hydrogens (primary N) is 2. The van der Waals surface area contributed by atoms with Gasteiger partial charge in [0, 0.05) is 18.5 Å². The molecule has 1 aliphatic carbocycles. The fourth-order valence-electron chi connectivity index (χ4n) is 2.57. The lowest BCUT2D eigenvalue weighted by Crippen LogP contribution is -2.45. The van der Waals surface area contributed by atoms with Crippen molar-refractivity contribution in [1.82, 2.24) is 4.90 Å². The van der Waals surface area contributed by atoms with E-state index in [2.05, 4.69) is 0 Å². The SMILES string of the molecule is CC(C)CN(CC(N)=O)C(=O)C1CCCC(N)C1.Cl. The lowest BCUT2D eigenvalue weighted by Gasteiger charge is -2.31. The molecule has 1 aliphatic rings. The molecule has 6 heteroatoms. The summed E-state index contributed by atoms with van der Waals surface area (Å²) in [5, 5.41) is 0. The second-order valence-corrected chi connectivity index (χ2v) is 5.70. The van der Waals surface area contributed by atoms with Gasteiger partial charge in [0.05, 0.1) is 6.54 Å². The number of carbonyl (C=O) groups excluding carboxylic acids is 2. The predicted octanol–water partition coefficient (Wildman–Crippen LogP) is 0.896. The molecule has 19 heavy (non-hydrogen) atoms. The Hall–Kier alpha value is -0.810. The van der Waals surface area contributed by atoms with Crippen LogP contribution < -0.4 is 11.5 Å². The quantitative estimate of drug-likeness (QED) is 0.788. The topological polar surface area (TPSA) is 89.4 Å². The van der Waals surface area contributed by atoms with Crippen molar-refractivity contribution in [3.63, 3.8) is 0 Å². The first-order chi connectivity index (χ1) is 8.40. The van der Waals surface area contributed by atoms with Crippen LogP contribution in [-0.4, -0.2) is 35.8 Å². The van der Waals surface area contributed by atoms with Crippen LogP contribution in [0.5, 0.6) is 0 Å². The van der Waals surface area contributed by atoms with Crippen LogP contribution in [0.3, 0.4) is 0 Å². The van der Waals surface area contributed by atoms with Crippen LogP contribution in [0.1, 0.15) is 39.5 Å². The summed E-state index contributed by atoms with van der Waals surface area (Å²) in [6.07, 6.45) is 3.58. The van der Waals surface area contributed by atoms with Crippen LogP contribution in [0.4, 0.5) is 0 Å². The summed E-state index contributed by atoms with van der Waals surface area (Å²) in [6, 6.07) is 0.113. The van der Waals surface area contributed by atoms with Gasteiger partial charge in [-0.3, -0.25) is 9.59 Å². The van der Waals surface area contributed by atoms with Crippen molar-refractivity contribution in [3.8, 4) is 0 Å². The molecule has 0 saturated heterocycles. The second-order valence-electron chi connectivity index (χ2n) is 5.70. The highest BCUT2D eigenvalue weighted by Gasteiger charge is 2.29. The minimum absolute atomic E-state index is 0. The number of hydrogen-bond acceptors (Lipinski definition) is 3. The molecule has 1 fully saturated rings. The highest BCUT2D eigenvalue weighted by Crippen LogP contribution is 2.25. The van der Waals surface area contributed by atoms with Gasteiger partial charge in [-0.05, 0) is 25.2 Å². The summed E-state index contributed by atoms with van der Waals surface area (Å²) < 4.78 is 0. The molecule has 0 spiro atoms. The van der Waals surface area contributed by atoms with E-state index in [0.29, 0.717) is 12.5 Å². The normalized spacial score (nSPS) is 22.7. The van der Waals surface area contributed by atoms with Crippen LogP contribution in [0.15, 0.2) is 0 Å². The predicted molar refractivity (Wildman–Crippen MR) is 77.8 cm³/mol. The van der Waals surface area contributed by atoms with Gasteiger partial charge in [-0.25, -0.2) is 0 Å². The maximum Gasteiger partial charge on any atom is 0.237 e. The highest BCUT2D eigenvalue weighted by atomic mass is 35.5. The van der Waals surface area contributed by atoms with E-state index in [1.807, 2.05) is 13.8 Å². The molecule has 0 bridgehead atoms. The van der Waals surface area contributed by atoms with Crippen LogP contribution in [-0.2, 0) is 9.59 Å². The first kappa shape index (κ1) is 18.2. The molecule has 2 unspecified atom stereocenters. The number of halogens is 1. The molecule has 0 aliphatic heterocycles. The Bertz CT molecular complexity index is 310. The summed E-state index contributed by atoms with van der Waals surface area (Å²) in [5.74, 6) is -0.126. The molecular weight excluding hydrogens is 266 g/mol. The molecule has 0 aromatic carbocycles. The molecule has 2 atom stereocenters. The van der Waals surface area contributed by atoms with E-state index in [9.17, 15) is 9.59 Å². The Labute approximate surface area is 121 Å². The zero-order valence-corrected chi connectivity index (χ0v) is 12.6. The molecule has 0 aromatic rings. The van der Waals surface area contributed by atoms with E-state index in [1.165, 1.54) is 0 Å². The monoisotopic (exact) mass is 291 g/mol. The Morgan fingerprint density at radius 3 is 2.42 bits per heavy atom. The lowest BCUT2D eigenvalue weighted by molar-refractivity contribution is -0.140. The van der Waals surface area contributed by atoms with Gasteiger partial charge in [-0.2, -0.15) is 0 Å². The first-order valence-electron chi connectivity index (χ1n) is 6.72. The van der Waals surface area contributed by atoms with E-state index in [4.69, 9.17) is 11.5 Å². The number of hydrogen-bond donors (Lipinski definition) is 2. The summed E-state index contributed by atoms with van der Waals surface area (Å²) >= 11 is 0. The molecule has 4 N–H and O–H groups in total. The van der Waals surface area contributed by atoms with E-state index in [0.717, 1.165) is 25.7 Å². The highest BCUT2D eigenvalue weighted by molar-refractivity contribution is 5.85. The standard InChI is InChI=1S/C13H25N3O2.ClH/c1-9(2)7-16(8-12(15)17)13(18)10-4-3-5-11(14)6-10;/h9-11H,3-8,14H2,1-2H3,(H2,15,17);1H. The number of amides is 2. The Morgan fingerprint density at radius 2 is 1.95 bits per heavy atom. The largest absolute Gasteiger partial charge is 0.368 e. The third-order valence-electron chi connectivity index (χ3n) is 3.31. The van der Waals surface area contributed by atoms with E-state index >= 15 is 0 Å². The maximum atomic E-state index is 12.4. The zero-order chi connectivity index (χ0) is 13.7. The van der Waals surface area contributed by atoms with Crippen molar-refractivity contribution in [3.05, 3.63) is 0 Å². The molecule has 0 heterocycles. The summed E-state index contributed by atoms with van der Waals surface area (Å²) in [6.45, 7) is 4.64. The molecule has 2 amide bonds. The molecular formula is C13H26ClN3O2. The summed E-state index contributed by atoms with van der Waals surface area (Å²) in [5.41, 5.74) is 11.1. The van der Waals surface area contributed by atoms with Gasteiger partial charge >= 0.3 is 0 Å².